The largest absolute Gasteiger partial charge is 0.381 e. The van der Waals surface area contributed by atoms with Crippen LogP contribution in [0.5, 0.6) is 0 Å². The van der Waals surface area contributed by atoms with Gasteiger partial charge in [-0.05, 0) is 48.2 Å². The lowest BCUT2D eigenvalue weighted by Gasteiger charge is -2.61. The Morgan fingerprint density at radius 3 is 2.81 bits per heavy atom. The molecule has 2 fully saturated rings. The van der Waals surface area contributed by atoms with Crippen LogP contribution in [-0.4, -0.2) is 23.7 Å². The molecule has 0 amide bonds. The molecule has 0 aliphatic heterocycles. The van der Waals surface area contributed by atoms with Crippen molar-refractivity contribution in [2.24, 2.45) is 5.41 Å². The van der Waals surface area contributed by atoms with E-state index in [-0.39, 0.29) is 16.0 Å². The normalized spacial score (nSPS) is 26.0. The van der Waals surface area contributed by atoms with Crippen LogP contribution < -0.4 is 5.32 Å². The molecule has 0 aromatic heterocycles. The summed E-state index contributed by atoms with van der Waals surface area (Å²) in [7, 11) is 0. The summed E-state index contributed by atoms with van der Waals surface area (Å²) >= 11 is 3.42. The first-order chi connectivity index (χ1) is 10.1. The van der Waals surface area contributed by atoms with E-state index in [9.17, 15) is 10.1 Å². The third kappa shape index (κ3) is 2.44. The molecule has 5 nitrogen and oxygen atoms in total. The monoisotopic (exact) mass is 354 g/mol. The van der Waals surface area contributed by atoms with Crippen LogP contribution in [0.15, 0.2) is 22.7 Å². The molecular weight excluding hydrogens is 336 g/mol. The quantitative estimate of drug-likeness (QED) is 0.638. The minimum atomic E-state index is -0.379. The summed E-state index contributed by atoms with van der Waals surface area (Å²) in [4.78, 5) is 10.4. The van der Waals surface area contributed by atoms with Crippen molar-refractivity contribution < 1.29 is 9.66 Å². The zero-order chi connectivity index (χ0) is 15.0. The molecule has 0 heterocycles. The molecule has 0 bridgehead atoms. The van der Waals surface area contributed by atoms with Crippen molar-refractivity contribution in [3.63, 3.8) is 0 Å². The van der Waals surface area contributed by atoms with E-state index in [2.05, 4.69) is 21.2 Å². The molecule has 2 aliphatic carbocycles. The highest BCUT2D eigenvalue weighted by Crippen LogP contribution is 2.58. The first-order valence-corrected chi connectivity index (χ1v) is 8.18. The Bertz CT molecular complexity index is 560. The number of halogens is 1. The number of non-ortho nitro benzene ring substituents is 1. The van der Waals surface area contributed by atoms with Crippen molar-refractivity contribution in [2.75, 3.05) is 11.9 Å². The van der Waals surface area contributed by atoms with Crippen LogP contribution in [0.4, 0.5) is 11.4 Å². The lowest BCUT2D eigenvalue weighted by molar-refractivity contribution is -0.384. The van der Waals surface area contributed by atoms with Gasteiger partial charge in [0.1, 0.15) is 0 Å². The van der Waals surface area contributed by atoms with E-state index in [1.807, 2.05) is 6.92 Å². The molecule has 1 aromatic rings. The molecule has 0 saturated heterocycles. The molecule has 114 valence electrons. The number of rotatable bonds is 5. The molecule has 2 aliphatic rings. The van der Waals surface area contributed by atoms with Gasteiger partial charge in [0, 0.05) is 40.4 Å². The highest BCUT2D eigenvalue weighted by atomic mass is 79.9. The Hall–Kier alpha value is -1.14. The lowest BCUT2D eigenvalue weighted by atomic mass is 9.51. The zero-order valence-electron chi connectivity index (χ0n) is 12.0. The highest BCUT2D eigenvalue weighted by molar-refractivity contribution is 9.10. The van der Waals surface area contributed by atoms with Gasteiger partial charge in [0.15, 0.2) is 0 Å². The van der Waals surface area contributed by atoms with Gasteiger partial charge in [-0.2, -0.15) is 0 Å². The number of nitrogens with one attached hydrogen (secondary N) is 1. The van der Waals surface area contributed by atoms with E-state index in [1.165, 1.54) is 19.3 Å². The molecule has 0 radical (unpaired) electrons. The van der Waals surface area contributed by atoms with E-state index in [0.29, 0.717) is 12.1 Å². The minimum Gasteiger partial charge on any atom is -0.381 e. The third-order valence-electron chi connectivity index (χ3n) is 4.93. The fraction of sp³-hybridized carbons (Fsp3) is 0.600. The number of anilines is 1. The number of nitro groups is 1. The number of nitro benzene ring substituents is 1. The predicted molar refractivity (Wildman–Crippen MR) is 84.5 cm³/mol. The number of hydrogen-bond acceptors (Lipinski definition) is 4. The maximum Gasteiger partial charge on any atom is 0.270 e. The molecule has 3 rings (SSSR count). The summed E-state index contributed by atoms with van der Waals surface area (Å²) in [6, 6.07) is 5.27. The van der Waals surface area contributed by atoms with Gasteiger partial charge >= 0.3 is 0 Å². The van der Waals surface area contributed by atoms with Crippen molar-refractivity contribution in [3.8, 4) is 0 Å². The fourth-order valence-corrected chi connectivity index (χ4v) is 4.04. The number of nitrogens with zero attached hydrogens (tertiary/aromatic N) is 1. The summed E-state index contributed by atoms with van der Waals surface area (Å²) in [5.41, 5.74) is 1.30. The summed E-state index contributed by atoms with van der Waals surface area (Å²) in [6.07, 6.45) is 5.06. The van der Waals surface area contributed by atoms with Crippen LogP contribution in [-0.2, 0) is 4.74 Å². The maximum atomic E-state index is 10.8. The first-order valence-electron chi connectivity index (χ1n) is 7.39. The fourth-order valence-electron chi connectivity index (χ4n) is 3.56. The molecule has 6 heteroatoms. The summed E-state index contributed by atoms with van der Waals surface area (Å²) in [6.45, 7) is 2.81. The van der Waals surface area contributed by atoms with Crippen LogP contribution in [0.3, 0.4) is 0 Å². The van der Waals surface area contributed by atoms with E-state index in [1.54, 1.807) is 18.2 Å². The second kappa shape index (κ2) is 5.57. The van der Waals surface area contributed by atoms with Gasteiger partial charge < -0.3 is 10.1 Å². The summed E-state index contributed by atoms with van der Waals surface area (Å²) in [5.74, 6) is 0. The van der Waals surface area contributed by atoms with Gasteiger partial charge in [0.2, 0.25) is 0 Å². The lowest BCUT2D eigenvalue weighted by Crippen LogP contribution is -2.64. The van der Waals surface area contributed by atoms with Gasteiger partial charge in [0.25, 0.3) is 5.69 Å². The van der Waals surface area contributed by atoms with E-state index >= 15 is 0 Å². The number of hydrogen-bond donors (Lipinski definition) is 1. The standard InChI is InChI=1S/C15H19BrN2O3/c1-2-21-14-9-13(15(14)6-3-7-15)17-12-5-4-10(18(19)20)8-11(12)16/h4-5,8,13-14,17H,2-3,6-7,9H2,1H3. The number of benzene rings is 1. The second-order valence-electron chi connectivity index (χ2n) is 5.88. The van der Waals surface area contributed by atoms with E-state index in [0.717, 1.165) is 23.2 Å². The Morgan fingerprint density at radius 2 is 2.29 bits per heavy atom. The van der Waals surface area contributed by atoms with Gasteiger partial charge in [0.05, 0.1) is 11.0 Å². The zero-order valence-corrected chi connectivity index (χ0v) is 13.6. The van der Waals surface area contributed by atoms with Crippen LogP contribution in [0.1, 0.15) is 32.6 Å². The molecule has 2 saturated carbocycles. The van der Waals surface area contributed by atoms with Crippen LogP contribution >= 0.6 is 15.9 Å². The smallest absolute Gasteiger partial charge is 0.270 e. The minimum absolute atomic E-state index is 0.103. The molecule has 1 N–H and O–H groups in total. The summed E-state index contributed by atoms with van der Waals surface area (Å²) < 4.78 is 6.58. The molecule has 1 aromatic carbocycles. The average Bonchev–Trinajstić information content (AvgIpc) is 2.37. The second-order valence-corrected chi connectivity index (χ2v) is 6.74. The van der Waals surface area contributed by atoms with Crippen LogP contribution in [0.25, 0.3) is 0 Å². The van der Waals surface area contributed by atoms with Gasteiger partial charge in [-0.3, -0.25) is 10.1 Å². The Labute approximate surface area is 132 Å². The van der Waals surface area contributed by atoms with Crippen molar-refractivity contribution in [1.82, 2.24) is 0 Å². The van der Waals surface area contributed by atoms with Gasteiger partial charge in [-0.15, -0.1) is 0 Å². The van der Waals surface area contributed by atoms with Crippen molar-refractivity contribution in [1.29, 1.82) is 0 Å². The van der Waals surface area contributed by atoms with Gasteiger partial charge in [-0.25, -0.2) is 0 Å². The van der Waals surface area contributed by atoms with Crippen LogP contribution in [0, 0.1) is 15.5 Å². The van der Waals surface area contributed by atoms with E-state index < -0.39 is 0 Å². The molecule has 2 atom stereocenters. The predicted octanol–water partition coefficient (Wildman–Crippen LogP) is 4.12. The topological polar surface area (TPSA) is 64.4 Å². The van der Waals surface area contributed by atoms with Crippen molar-refractivity contribution in [2.45, 2.75) is 44.8 Å². The Balaban J connectivity index is 1.71. The molecule has 2 unspecified atom stereocenters. The number of ether oxygens (including phenoxy) is 1. The maximum absolute atomic E-state index is 10.8. The van der Waals surface area contributed by atoms with Gasteiger partial charge in [-0.1, -0.05) is 6.42 Å². The molecule has 1 spiro atoms. The van der Waals surface area contributed by atoms with E-state index in [4.69, 9.17) is 4.74 Å². The Kier molecular flexibility index (Phi) is 3.92. The Morgan fingerprint density at radius 1 is 1.52 bits per heavy atom. The van der Waals surface area contributed by atoms with Crippen molar-refractivity contribution in [3.05, 3.63) is 32.8 Å². The SMILES string of the molecule is CCOC1CC(Nc2ccc([N+](=O)[O-])cc2Br)C12CCC2. The molecular formula is C15H19BrN2O3. The van der Waals surface area contributed by atoms with Crippen LogP contribution in [0.2, 0.25) is 0 Å². The molecule has 21 heavy (non-hydrogen) atoms. The third-order valence-corrected chi connectivity index (χ3v) is 5.59. The average molecular weight is 355 g/mol. The summed E-state index contributed by atoms with van der Waals surface area (Å²) in [5, 5.41) is 14.3. The highest BCUT2D eigenvalue weighted by Gasteiger charge is 2.58. The first kappa shape index (κ1) is 14.8. The van der Waals surface area contributed by atoms with Crippen molar-refractivity contribution >= 4 is 27.3 Å².